The third-order valence-electron chi connectivity index (χ3n) is 3.60. The second-order valence-corrected chi connectivity index (χ2v) is 5.77. The molecular formula is C16H22ClN3O. The van der Waals surface area contributed by atoms with Crippen molar-refractivity contribution in [1.82, 2.24) is 15.1 Å². The Morgan fingerprint density at radius 2 is 2.05 bits per heavy atom. The lowest BCUT2D eigenvalue weighted by atomic mass is 10.0. The molecule has 0 aliphatic carbocycles. The summed E-state index contributed by atoms with van der Waals surface area (Å²) >= 11 is 6.27. The first kappa shape index (κ1) is 15.9. The number of halogens is 1. The number of methoxy groups -OCH3 is 1. The molecule has 1 heterocycles. The van der Waals surface area contributed by atoms with Gasteiger partial charge >= 0.3 is 0 Å². The Morgan fingerprint density at radius 3 is 2.57 bits per heavy atom. The second-order valence-electron chi connectivity index (χ2n) is 5.37. The molecule has 2 aromatic rings. The molecule has 0 fully saturated rings. The highest BCUT2D eigenvalue weighted by molar-refractivity contribution is 6.31. The minimum absolute atomic E-state index is 0.0250. The number of nitrogens with zero attached hydrogens (tertiary/aromatic N) is 2. The number of aromatic nitrogens is 2. The minimum Gasteiger partial charge on any atom is -0.493 e. The van der Waals surface area contributed by atoms with Crippen LogP contribution in [0.2, 0.25) is 5.02 Å². The van der Waals surface area contributed by atoms with E-state index in [-0.39, 0.29) is 12.1 Å². The first-order valence-corrected chi connectivity index (χ1v) is 7.42. The molecular weight excluding hydrogens is 286 g/mol. The number of hydrogen-bond donors (Lipinski definition) is 1. The third-order valence-corrected chi connectivity index (χ3v) is 4.01. The van der Waals surface area contributed by atoms with E-state index in [4.69, 9.17) is 16.3 Å². The summed E-state index contributed by atoms with van der Waals surface area (Å²) in [6.45, 7) is 6.20. The van der Waals surface area contributed by atoms with Crippen molar-refractivity contribution in [1.29, 1.82) is 0 Å². The van der Waals surface area contributed by atoms with Gasteiger partial charge in [-0.1, -0.05) is 23.7 Å². The Hall–Kier alpha value is -1.52. The number of rotatable bonds is 5. The zero-order valence-electron chi connectivity index (χ0n) is 13.1. The summed E-state index contributed by atoms with van der Waals surface area (Å²) in [5, 5.41) is 8.54. The number of ether oxygens (including phenoxy) is 1. The molecule has 0 saturated carbocycles. The summed E-state index contributed by atoms with van der Waals surface area (Å²) in [6.07, 6.45) is 1.76. The molecule has 1 N–H and O–H groups in total. The van der Waals surface area contributed by atoms with Crippen LogP contribution in [0.25, 0.3) is 0 Å². The van der Waals surface area contributed by atoms with Crippen LogP contribution in [0.4, 0.5) is 0 Å². The Balaban J connectivity index is 2.55. The van der Waals surface area contributed by atoms with E-state index in [1.165, 1.54) is 0 Å². The van der Waals surface area contributed by atoms with Crippen LogP contribution in [0.1, 0.15) is 42.8 Å². The van der Waals surface area contributed by atoms with Gasteiger partial charge in [0.05, 0.1) is 19.3 Å². The Kier molecular flexibility index (Phi) is 4.91. The average molecular weight is 308 g/mol. The summed E-state index contributed by atoms with van der Waals surface area (Å²) in [5.74, 6) is 0.778. The Bertz CT molecular complexity index is 622. The van der Waals surface area contributed by atoms with Crippen molar-refractivity contribution in [2.24, 2.45) is 0 Å². The Labute approximate surface area is 131 Å². The maximum atomic E-state index is 6.27. The van der Waals surface area contributed by atoms with E-state index in [9.17, 15) is 0 Å². The highest BCUT2D eigenvalue weighted by Gasteiger charge is 2.24. The summed E-state index contributed by atoms with van der Waals surface area (Å²) in [4.78, 5) is 0. The van der Waals surface area contributed by atoms with E-state index in [0.29, 0.717) is 0 Å². The molecule has 0 spiro atoms. The molecule has 0 radical (unpaired) electrons. The van der Waals surface area contributed by atoms with E-state index in [2.05, 4.69) is 30.3 Å². The van der Waals surface area contributed by atoms with Gasteiger partial charge in [-0.2, -0.15) is 5.10 Å². The van der Waals surface area contributed by atoms with E-state index in [1.54, 1.807) is 13.3 Å². The van der Waals surface area contributed by atoms with E-state index >= 15 is 0 Å². The van der Waals surface area contributed by atoms with Gasteiger partial charge in [-0.15, -0.1) is 0 Å². The summed E-state index contributed by atoms with van der Waals surface area (Å²) in [7, 11) is 3.59. The zero-order chi connectivity index (χ0) is 15.6. The number of hydrogen-bond acceptors (Lipinski definition) is 3. The molecule has 1 aromatic heterocycles. The normalized spacial score (nSPS) is 12.7. The summed E-state index contributed by atoms with van der Waals surface area (Å²) < 4.78 is 7.46. The van der Waals surface area contributed by atoms with Crippen LogP contribution in [-0.4, -0.2) is 23.9 Å². The van der Waals surface area contributed by atoms with Crippen LogP contribution < -0.4 is 10.1 Å². The number of benzene rings is 1. The Morgan fingerprint density at radius 1 is 1.33 bits per heavy atom. The number of nitrogens with one attached hydrogen (secondary N) is 1. The second kappa shape index (κ2) is 6.50. The number of aryl methyl sites for hydroxylation is 1. The fourth-order valence-electron chi connectivity index (χ4n) is 2.45. The van der Waals surface area contributed by atoms with E-state index < -0.39 is 0 Å². The van der Waals surface area contributed by atoms with Crippen molar-refractivity contribution in [3.8, 4) is 5.75 Å². The molecule has 114 valence electrons. The molecule has 1 unspecified atom stereocenters. The molecule has 1 atom stereocenters. The SMILES string of the molecule is CNC(c1ccc(C)c(Cl)c1)c1c(OC)cnn1C(C)C. The van der Waals surface area contributed by atoms with Crippen LogP contribution in [0.3, 0.4) is 0 Å². The highest BCUT2D eigenvalue weighted by atomic mass is 35.5. The first-order chi connectivity index (χ1) is 9.99. The van der Waals surface area contributed by atoms with Crippen LogP contribution in [0, 0.1) is 6.92 Å². The van der Waals surface area contributed by atoms with Crippen molar-refractivity contribution < 1.29 is 4.74 Å². The maximum absolute atomic E-state index is 6.27. The smallest absolute Gasteiger partial charge is 0.161 e. The zero-order valence-corrected chi connectivity index (χ0v) is 13.9. The monoisotopic (exact) mass is 307 g/mol. The van der Waals surface area contributed by atoms with Gasteiger partial charge in [-0.05, 0) is 45.0 Å². The summed E-state index contributed by atoms with van der Waals surface area (Å²) in [5.41, 5.74) is 3.17. The van der Waals surface area contributed by atoms with Gasteiger partial charge in [-0.3, -0.25) is 4.68 Å². The first-order valence-electron chi connectivity index (χ1n) is 7.04. The highest BCUT2D eigenvalue weighted by Crippen LogP contribution is 2.33. The van der Waals surface area contributed by atoms with E-state index in [0.717, 1.165) is 27.6 Å². The van der Waals surface area contributed by atoms with Crippen molar-refractivity contribution in [3.63, 3.8) is 0 Å². The molecule has 0 bridgehead atoms. The maximum Gasteiger partial charge on any atom is 0.161 e. The lowest BCUT2D eigenvalue weighted by molar-refractivity contribution is 0.396. The molecule has 2 rings (SSSR count). The van der Waals surface area contributed by atoms with Crippen molar-refractivity contribution in [2.45, 2.75) is 32.9 Å². The molecule has 0 saturated heterocycles. The van der Waals surface area contributed by atoms with Gasteiger partial charge in [0.1, 0.15) is 5.69 Å². The molecule has 0 amide bonds. The van der Waals surface area contributed by atoms with Gasteiger partial charge in [0.2, 0.25) is 0 Å². The van der Waals surface area contributed by atoms with Gasteiger partial charge in [0, 0.05) is 11.1 Å². The predicted molar refractivity (Wildman–Crippen MR) is 86.3 cm³/mol. The standard InChI is InChI=1S/C16H22ClN3O/c1-10(2)20-16(14(21-5)9-19-20)15(18-4)12-7-6-11(3)13(17)8-12/h6-10,15,18H,1-5H3. The molecule has 21 heavy (non-hydrogen) atoms. The van der Waals surface area contributed by atoms with Crippen molar-refractivity contribution >= 4 is 11.6 Å². The predicted octanol–water partition coefficient (Wildman–Crippen LogP) is 3.74. The van der Waals surface area contributed by atoms with Crippen LogP contribution >= 0.6 is 11.6 Å². The summed E-state index contributed by atoms with van der Waals surface area (Å²) in [6, 6.07) is 6.34. The molecule has 4 nitrogen and oxygen atoms in total. The third kappa shape index (κ3) is 3.06. The molecule has 0 aliphatic rings. The van der Waals surface area contributed by atoms with Gasteiger partial charge in [0.25, 0.3) is 0 Å². The quantitative estimate of drug-likeness (QED) is 0.914. The van der Waals surface area contributed by atoms with Gasteiger partial charge in [-0.25, -0.2) is 0 Å². The largest absolute Gasteiger partial charge is 0.493 e. The van der Waals surface area contributed by atoms with Crippen molar-refractivity contribution in [2.75, 3.05) is 14.2 Å². The van der Waals surface area contributed by atoms with Crippen LogP contribution in [0.15, 0.2) is 24.4 Å². The van der Waals surface area contributed by atoms with Gasteiger partial charge in [0.15, 0.2) is 5.75 Å². The fraction of sp³-hybridized carbons (Fsp3) is 0.438. The molecule has 0 aliphatic heterocycles. The minimum atomic E-state index is -0.0250. The van der Waals surface area contributed by atoms with Gasteiger partial charge < -0.3 is 10.1 Å². The van der Waals surface area contributed by atoms with Crippen molar-refractivity contribution in [3.05, 3.63) is 46.2 Å². The lowest BCUT2D eigenvalue weighted by Crippen LogP contribution is -2.23. The molecule has 5 heteroatoms. The van der Waals surface area contributed by atoms with Crippen LogP contribution in [-0.2, 0) is 0 Å². The van der Waals surface area contributed by atoms with Crippen LogP contribution in [0.5, 0.6) is 5.75 Å². The topological polar surface area (TPSA) is 39.1 Å². The van der Waals surface area contributed by atoms with E-state index in [1.807, 2.05) is 30.8 Å². The average Bonchev–Trinajstić information content (AvgIpc) is 2.87. The molecule has 1 aromatic carbocycles. The fourth-order valence-corrected chi connectivity index (χ4v) is 2.64. The lowest BCUT2D eigenvalue weighted by Gasteiger charge is -2.22.